The summed E-state index contributed by atoms with van der Waals surface area (Å²) in [6.07, 6.45) is 9.14. The first-order valence-corrected chi connectivity index (χ1v) is 12.3. The Hall–Kier alpha value is -2.64. The number of nitrogens with zero attached hydrogens (tertiary/aromatic N) is 4. The minimum Gasteiger partial charge on any atom is -0.337 e. The molecule has 2 aromatic heterocycles. The van der Waals surface area contributed by atoms with Gasteiger partial charge in [0.25, 0.3) is 5.56 Å². The van der Waals surface area contributed by atoms with Crippen molar-refractivity contribution in [2.24, 2.45) is 5.92 Å². The summed E-state index contributed by atoms with van der Waals surface area (Å²) >= 11 is 0. The van der Waals surface area contributed by atoms with Crippen molar-refractivity contribution < 1.29 is 9.59 Å². The Morgan fingerprint density at radius 3 is 2.69 bits per heavy atom. The number of H-pyrrole nitrogens is 1. The number of carbonyl (C=O) groups excluding carboxylic acids is 2. The quantitative estimate of drug-likeness (QED) is 0.793. The minimum atomic E-state index is -0.123. The highest BCUT2D eigenvalue weighted by Gasteiger charge is 2.32. The van der Waals surface area contributed by atoms with Gasteiger partial charge < -0.3 is 9.80 Å². The van der Waals surface area contributed by atoms with Crippen LogP contribution in [0.4, 0.5) is 0 Å². The predicted octanol–water partition coefficient (Wildman–Crippen LogP) is 2.95. The minimum absolute atomic E-state index is 0.0404. The van der Waals surface area contributed by atoms with Gasteiger partial charge in [0.15, 0.2) is 5.65 Å². The molecule has 1 saturated heterocycles. The number of aromatic nitrogens is 3. The molecular weight excluding hydrogens is 406 g/mol. The van der Waals surface area contributed by atoms with E-state index < -0.39 is 0 Å². The van der Waals surface area contributed by atoms with Crippen LogP contribution in [0, 0.1) is 5.92 Å². The maximum absolute atomic E-state index is 13.3. The molecule has 8 heteroatoms. The van der Waals surface area contributed by atoms with Crippen LogP contribution in [0.5, 0.6) is 0 Å². The lowest BCUT2D eigenvalue weighted by atomic mass is 9.98. The number of carbonyl (C=O) groups is 2. The molecule has 0 radical (unpaired) electrons. The molecule has 4 heterocycles. The number of aromatic amines is 1. The summed E-state index contributed by atoms with van der Waals surface area (Å²) in [6.45, 7) is 3.76. The zero-order chi connectivity index (χ0) is 22.2. The third-order valence-electron chi connectivity index (χ3n) is 7.44. The average Bonchev–Trinajstić information content (AvgIpc) is 3.49. The second-order valence-corrected chi connectivity index (χ2v) is 9.59. The van der Waals surface area contributed by atoms with Crippen molar-refractivity contribution in [3.8, 4) is 0 Å². The van der Waals surface area contributed by atoms with Gasteiger partial charge in [0, 0.05) is 37.9 Å². The van der Waals surface area contributed by atoms with E-state index in [1.807, 2.05) is 22.8 Å². The first-order valence-electron chi connectivity index (χ1n) is 12.3. The normalized spacial score (nSPS) is 21.8. The van der Waals surface area contributed by atoms with Gasteiger partial charge in [-0.05, 0) is 38.5 Å². The summed E-state index contributed by atoms with van der Waals surface area (Å²) in [6, 6.07) is 1.89. The van der Waals surface area contributed by atoms with Crippen molar-refractivity contribution in [1.29, 1.82) is 0 Å². The van der Waals surface area contributed by atoms with E-state index in [-0.39, 0.29) is 29.3 Å². The van der Waals surface area contributed by atoms with Crippen LogP contribution in [0.1, 0.15) is 87.7 Å². The largest absolute Gasteiger partial charge is 0.337 e. The molecule has 0 bridgehead atoms. The SMILES string of the molecule is CCCC(=O)N1CCCCC1c1cc2nc3c(c(=O)n2[nH]1)CN(C(=O)C1CCCC1)CC3. The van der Waals surface area contributed by atoms with Gasteiger partial charge in [0.1, 0.15) is 0 Å². The third-order valence-corrected chi connectivity index (χ3v) is 7.44. The van der Waals surface area contributed by atoms with Gasteiger partial charge in [-0.3, -0.25) is 19.5 Å². The van der Waals surface area contributed by atoms with Gasteiger partial charge in [0.2, 0.25) is 11.8 Å². The Labute approximate surface area is 188 Å². The van der Waals surface area contributed by atoms with E-state index in [9.17, 15) is 14.4 Å². The Bertz CT molecular complexity index is 1080. The molecule has 3 aliphatic rings. The van der Waals surface area contributed by atoms with Crippen molar-refractivity contribution in [2.75, 3.05) is 13.1 Å². The van der Waals surface area contributed by atoms with Crippen molar-refractivity contribution in [3.05, 3.63) is 33.4 Å². The number of nitrogens with one attached hydrogen (secondary N) is 1. The molecule has 1 N–H and O–H groups in total. The van der Waals surface area contributed by atoms with E-state index in [2.05, 4.69) is 5.10 Å². The van der Waals surface area contributed by atoms with Gasteiger partial charge in [-0.15, -0.1) is 0 Å². The number of fused-ring (bicyclic) bond motifs is 2. The van der Waals surface area contributed by atoms with E-state index in [4.69, 9.17) is 4.98 Å². The van der Waals surface area contributed by atoms with Crippen LogP contribution in [0.2, 0.25) is 0 Å². The van der Waals surface area contributed by atoms with Gasteiger partial charge >= 0.3 is 0 Å². The third kappa shape index (κ3) is 3.73. The van der Waals surface area contributed by atoms with Crippen molar-refractivity contribution in [1.82, 2.24) is 24.4 Å². The van der Waals surface area contributed by atoms with Crippen LogP contribution in [0.3, 0.4) is 0 Å². The molecule has 2 amide bonds. The fraction of sp³-hybridized carbons (Fsp3) is 0.667. The Balaban J connectivity index is 1.44. The molecule has 0 spiro atoms. The molecule has 2 fully saturated rings. The highest BCUT2D eigenvalue weighted by atomic mass is 16.2. The second-order valence-electron chi connectivity index (χ2n) is 9.59. The summed E-state index contributed by atoms with van der Waals surface area (Å²) < 4.78 is 1.51. The van der Waals surface area contributed by atoms with E-state index >= 15 is 0 Å². The number of likely N-dealkylation sites (tertiary alicyclic amines) is 1. The number of amides is 2. The molecule has 2 aromatic rings. The zero-order valence-corrected chi connectivity index (χ0v) is 18.9. The van der Waals surface area contributed by atoms with Gasteiger partial charge in [0.05, 0.1) is 29.5 Å². The molecule has 172 valence electrons. The first kappa shape index (κ1) is 21.2. The van der Waals surface area contributed by atoms with Gasteiger partial charge in [-0.1, -0.05) is 19.8 Å². The summed E-state index contributed by atoms with van der Waals surface area (Å²) in [7, 11) is 0. The molecule has 0 aromatic carbocycles. The molecule has 8 nitrogen and oxygen atoms in total. The molecular formula is C24H33N5O3. The van der Waals surface area contributed by atoms with Crippen molar-refractivity contribution in [2.45, 2.75) is 83.7 Å². The predicted molar refractivity (Wildman–Crippen MR) is 120 cm³/mol. The van der Waals surface area contributed by atoms with Crippen LogP contribution in [0.15, 0.2) is 10.9 Å². The van der Waals surface area contributed by atoms with Crippen LogP contribution >= 0.6 is 0 Å². The van der Waals surface area contributed by atoms with Crippen LogP contribution in [-0.4, -0.2) is 49.3 Å². The topological polar surface area (TPSA) is 90.8 Å². The summed E-state index contributed by atoms with van der Waals surface area (Å²) in [4.78, 5) is 47.5. The fourth-order valence-corrected chi connectivity index (χ4v) is 5.70. The highest BCUT2D eigenvalue weighted by Crippen LogP contribution is 2.32. The molecule has 1 saturated carbocycles. The van der Waals surface area contributed by atoms with Gasteiger partial charge in [-0.2, -0.15) is 0 Å². The molecule has 1 aliphatic carbocycles. The number of hydrogen-bond donors (Lipinski definition) is 1. The van der Waals surface area contributed by atoms with Crippen LogP contribution in [0.25, 0.3) is 5.65 Å². The Morgan fingerprint density at radius 1 is 1.12 bits per heavy atom. The average molecular weight is 440 g/mol. The second kappa shape index (κ2) is 8.71. The maximum Gasteiger partial charge on any atom is 0.277 e. The van der Waals surface area contributed by atoms with Crippen molar-refractivity contribution >= 4 is 17.5 Å². The monoisotopic (exact) mass is 439 g/mol. The zero-order valence-electron chi connectivity index (χ0n) is 18.9. The highest BCUT2D eigenvalue weighted by molar-refractivity contribution is 5.79. The standard InChI is InChI=1S/C24H33N5O3/c1-2-7-22(30)28-12-6-5-10-20(28)19-14-21-25-18-11-13-27(23(31)16-8-3-4-9-16)15-17(18)24(32)29(21)26-19/h14,16,20,26H,2-13,15H2,1H3. The molecule has 2 aliphatic heterocycles. The first-order chi connectivity index (χ1) is 15.6. The lowest BCUT2D eigenvalue weighted by Crippen LogP contribution is -2.42. The van der Waals surface area contributed by atoms with E-state index in [0.717, 1.165) is 69.3 Å². The molecule has 1 unspecified atom stereocenters. The number of piperidine rings is 1. The Morgan fingerprint density at radius 2 is 1.91 bits per heavy atom. The van der Waals surface area contributed by atoms with Crippen LogP contribution < -0.4 is 5.56 Å². The van der Waals surface area contributed by atoms with Crippen LogP contribution in [-0.2, 0) is 22.6 Å². The molecule has 5 rings (SSSR count). The summed E-state index contributed by atoms with van der Waals surface area (Å²) in [5, 5.41) is 3.25. The maximum atomic E-state index is 13.3. The van der Waals surface area contributed by atoms with Crippen molar-refractivity contribution in [3.63, 3.8) is 0 Å². The van der Waals surface area contributed by atoms with E-state index in [1.165, 1.54) is 4.52 Å². The summed E-state index contributed by atoms with van der Waals surface area (Å²) in [5.41, 5.74) is 2.78. The lowest BCUT2D eigenvalue weighted by Gasteiger charge is -2.35. The lowest BCUT2D eigenvalue weighted by molar-refractivity contribution is -0.136. The number of rotatable bonds is 4. The summed E-state index contributed by atoms with van der Waals surface area (Å²) in [5.74, 6) is 0.486. The Kier molecular flexibility index (Phi) is 5.78. The van der Waals surface area contributed by atoms with Gasteiger partial charge in [-0.25, -0.2) is 9.50 Å². The fourth-order valence-electron chi connectivity index (χ4n) is 5.70. The molecule has 32 heavy (non-hydrogen) atoms. The number of hydrogen-bond acceptors (Lipinski definition) is 4. The van der Waals surface area contributed by atoms with E-state index in [1.54, 1.807) is 0 Å². The smallest absolute Gasteiger partial charge is 0.277 e. The molecule has 1 atom stereocenters. The van der Waals surface area contributed by atoms with E-state index in [0.29, 0.717) is 37.1 Å².